The van der Waals surface area contributed by atoms with Crippen LogP contribution in [0.5, 0.6) is 0 Å². The van der Waals surface area contributed by atoms with Crippen molar-refractivity contribution in [2.45, 2.75) is 13.1 Å². The van der Waals surface area contributed by atoms with Gasteiger partial charge in [-0.2, -0.15) is 13.2 Å². The SMILES string of the molecule is Cc1ccccc1NC1=C(c2cccs2)C(=O)N(c2cccc(C(F)(F)F)c2)C1=O. The molecule has 4 rings (SSSR count). The standard InChI is InChI=1S/C22H15F3N2O2S/c1-13-6-2-3-9-16(13)26-19-18(17-10-5-11-30-17)20(28)27(21(19)29)15-8-4-7-14(12-15)22(23,24)25/h2-12,26H,1H3. The van der Waals surface area contributed by atoms with Gasteiger partial charge in [0, 0.05) is 10.6 Å². The number of hydrogen-bond acceptors (Lipinski definition) is 4. The largest absolute Gasteiger partial charge is 0.416 e. The number of carbonyl (C=O) groups excluding carboxylic acids is 2. The molecule has 3 aromatic rings. The molecule has 0 atom stereocenters. The van der Waals surface area contributed by atoms with E-state index in [1.165, 1.54) is 23.5 Å². The maximum absolute atomic E-state index is 13.2. The van der Waals surface area contributed by atoms with E-state index < -0.39 is 23.6 Å². The zero-order valence-corrected chi connectivity index (χ0v) is 16.5. The Morgan fingerprint density at radius 2 is 1.70 bits per heavy atom. The van der Waals surface area contributed by atoms with Gasteiger partial charge in [0.2, 0.25) is 0 Å². The van der Waals surface area contributed by atoms with E-state index >= 15 is 0 Å². The Hall–Kier alpha value is -3.39. The summed E-state index contributed by atoms with van der Waals surface area (Å²) in [6, 6.07) is 14.9. The number of alkyl halides is 3. The first-order chi connectivity index (χ1) is 14.3. The maximum Gasteiger partial charge on any atom is 0.416 e. The van der Waals surface area contributed by atoms with Crippen LogP contribution >= 0.6 is 11.3 Å². The van der Waals surface area contributed by atoms with Crippen LogP contribution in [0, 0.1) is 6.92 Å². The third kappa shape index (κ3) is 3.50. The maximum atomic E-state index is 13.2. The third-order valence-corrected chi connectivity index (χ3v) is 5.58. The van der Waals surface area contributed by atoms with Crippen molar-refractivity contribution < 1.29 is 22.8 Å². The summed E-state index contributed by atoms with van der Waals surface area (Å²) in [5.74, 6) is -1.37. The highest BCUT2D eigenvalue weighted by Gasteiger charge is 2.41. The summed E-state index contributed by atoms with van der Waals surface area (Å²) >= 11 is 1.27. The number of benzene rings is 2. The highest BCUT2D eigenvalue weighted by molar-refractivity contribution is 7.11. The van der Waals surface area contributed by atoms with Crippen molar-refractivity contribution in [1.82, 2.24) is 0 Å². The number of nitrogens with zero attached hydrogens (tertiary/aromatic N) is 1. The normalized spacial score (nSPS) is 14.6. The average Bonchev–Trinajstić information content (AvgIpc) is 3.30. The predicted molar refractivity (Wildman–Crippen MR) is 110 cm³/mol. The topological polar surface area (TPSA) is 49.4 Å². The summed E-state index contributed by atoms with van der Waals surface area (Å²) in [4.78, 5) is 27.7. The molecule has 0 fully saturated rings. The number of nitrogens with one attached hydrogen (secondary N) is 1. The highest BCUT2D eigenvalue weighted by Crippen LogP contribution is 2.38. The molecule has 30 heavy (non-hydrogen) atoms. The summed E-state index contributed by atoms with van der Waals surface area (Å²) in [5, 5.41) is 4.79. The van der Waals surface area contributed by atoms with Gasteiger partial charge in [-0.25, -0.2) is 4.90 Å². The first-order valence-electron chi connectivity index (χ1n) is 8.94. The summed E-state index contributed by atoms with van der Waals surface area (Å²) in [5.41, 5.74) is 0.598. The lowest BCUT2D eigenvalue weighted by Gasteiger charge is -2.17. The molecule has 1 aromatic heterocycles. The zero-order chi connectivity index (χ0) is 21.5. The minimum atomic E-state index is -4.59. The molecule has 0 saturated heterocycles. The van der Waals surface area contributed by atoms with Crippen molar-refractivity contribution in [3.05, 3.63) is 87.7 Å². The zero-order valence-electron chi connectivity index (χ0n) is 15.7. The van der Waals surface area contributed by atoms with Crippen molar-refractivity contribution in [3.63, 3.8) is 0 Å². The molecule has 152 valence electrons. The van der Waals surface area contributed by atoms with Crippen molar-refractivity contribution in [2.75, 3.05) is 10.2 Å². The van der Waals surface area contributed by atoms with Gasteiger partial charge in [0.15, 0.2) is 0 Å². The molecule has 0 unspecified atom stereocenters. The summed E-state index contributed by atoms with van der Waals surface area (Å²) in [6.45, 7) is 1.85. The van der Waals surface area contributed by atoms with E-state index in [1.54, 1.807) is 29.6 Å². The van der Waals surface area contributed by atoms with Crippen LogP contribution in [-0.2, 0) is 15.8 Å². The molecule has 0 radical (unpaired) electrons. The van der Waals surface area contributed by atoms with Crippen LogP contribution in [-0.4, -0.2) is 11.8 Å². The Morgan fingerprint density at radius 3 is 2.37 bits per heavy atom. The molecule has 2 aromatic carbocycles. The van der Waals surface area contributed by atoms with Crippen LogP contribution < -0.4 is 10.2 Å². The number of anilines is 2. The smallest absolute Gasteiger partial charge is 0.350 e. The van der Waals surface area contributed by atoms with Crippen molar-refractivity contribution in [2.24, 2.45) is 0 Å². The van der Waals surface area contributed by atoms with Gasteiger partial charge in [0.25, 0.3) is 11.8 Å². The molecule has 8 heteroatoms. The molecule has 0 saturated carbocycles. The molecule has 0 aliphatic carbocycles. The second-order valence-corrected chi connectivity index (χ2v) is 7.61. The summed E-state index contributed by atoms with van der Waals surface area (Å²) in [7, 11) is 0. The Morgan fingerprint density at radius 1 is 0.933 bits per heavy atom. The number of rotatable bonds is 4. The van der Waals surface area contributed by atoms with Crippen molar-refractivity contribution >= 4 is 40.1 Å². The monoisotopic (exact) mass is 428 g/mol. The molecule has 2 amide bonds. The molecule has 1 aliphatic rings. The molecule has 0 bridgehead atoms. The van der Waals surface area contributed by atoms with E-state index in [0.717, 1.165) is 22.6 Å². The number of aryl methyl sites for hydroxylation is 1. The van der Waals surface area contributed by atoms with Gasteiger partial charge in [-0.15, -0.1) is 11.3 Å². The second-order valence-electron chi connectivity index (χ2n) is 6.66. The number of hydrogen-bond donors (Lipinski definition) is 1. The van der Waals surface area contributed by atoms with E-state index in [1.807, 2.05) is 19.1 Å². The average molecular weight is 428 g/mol. The quantitative estimate of drug-likeness (QED) is 0.561. The van der Waals surface area contributed by atoms with E-state index in [-0.39, 0.29) is 17.0 Å². The van der Waals surface area contributed by atoms with Crippen LogP contribution in [0.25, 0.3) is 5.57 Å². The number of amides is 2. The van der Waals surface area contributed by atoms with Crippen molar-refractivity contribution in [3.8, 4) is 0 Å². The highest BCUT2D eigenvalue weighted by atomic mass is 32.1. The Labute approximate surface area is 174 Å². The van der Waals surface area contributed by atoms with Gasteiger partial charge in [0.1, 0.15) is 5.70 Å². The molecule has 1 N–H and O–H groups in total. The van der Waals surface area contributed by atoms with Gasteiger partial charge in [0.05, 0.1) is 16.8 Å². The summed E-state index contributed by atoms with van der Waals surface area (Å²) < 4.78 is 39.4. The molecular weight excluding hydrogens is 413 g/mol. The van der Waals surface area contributed by atoms with Gasteiger partial charge in [-0.3, -0.25) is 9.59 Å². The number of thiophene rings is 1. The molecule has 0 spiro atoms. The minimum absolute atomic E-state index is 0.0363. The minimum Gasteiger partial charge on any atom is -0.350 e. The number of para-hydroxylation sites is 1. The van der Waals surface area contributed by atoms with Crippen LogP contribution in [0.4, 0.5) is 24.5 Å². The third-order valence-electron chi connectivity index (χ3n) is 4.69. The van der Waals surface area contributed by atoms with E-state index in [2.05, 4.69) is 5.32 Å². The van der Waals surface area contributed by atoms with Crippen LogP contribution in [0.1, 0.15) is 16.0 Å². The predicted octanol–water partition coefficient (Wildman–Crippen LogP) is 5.47. The fourth-order valence-electron chi connectivity index (χ4n) is 3.20. The van der Waals surface area contributed by atoms with Gasteiger partial charge >= 0.3 is 6.18 Å². The van der Waals surface area contributed by atoms with Gasteiger partial charge < -0.3 is 5.32 Å². The lowest BCUT2D eigenvalue weighted by molar-refractivity contribution is -0.137. The second kappa shape index (κ2) is 7.46. The van der Waals surface area contributed by atoms with E-state index in [9.17, 15) is 22.8 Å². The number of halogens is 3. The number of carbonyl (C=O) groups is 2. The molecular formula is C22H15F3N2O2S. The van der Waals surface area contributed by atoms with E-state index in [0.29, 0.717) is 10.6 Å². The molecule has 4 nitrogen and oxygen atoms in total. The van der Waals surface area contributed by atoms with Gasteiger partial charge in [-0.1, -0.05) is 30.3 Å². The van der Waals surface area contributed by atoms with Crippen molar-refractivity contribution in [1.29, 1.82) is 0 Å². The van der Waals surface area contributed by atoms with Crippen LogP contribution in [0.3, 0.4) is 0 Å². The molecule has 2 heterocycles. The lowest BCUT2D eigenvalue weighted by Crippen LogP contribution is -2.32. The van der Waals surface area contributed by atoms with Crippen LogP contribution in [0.15, 0.2) is 71.7 Å². The lowest BCUT2D eigenvalue weighted by atomic mass is 10.1. The first-order valence-corrected chi connectivity index (χ1v) is 9.82. The van der Waals surface area contributed by atoms with Crippen LogP contribution in [0.2, 0.25) is 0 Å². The Balaban J connectivity index is 1.81. The fraction of sp³-hybridized carbons (Fsp3) is 0.0909. The van der Waals surface area contributed by atoms with Gasteiger partial charge in [-0.05, 0) is 48.2 Å². The Bertz CT molecular complexity index is 1170. The number of imide groups is 1. The Kier molecular flexibility index (Phi) is 4.95. The van der Waals surface area contributed by atoms with E-state index in [4.69, 9.17) is 0 Å². The molecule has 1 aliphatic heterocycles. The summed E-state index contributed by atoms with van der Waals surface area (Å²) in [6.07, 6.45) is -4.59. The fourth-order valence-corrected chi connectivity index (χ4v) is 3.97. The first kappa shape index (κ1) is 19.9.